The fraction of sp³-hybridized carbons (Fsp3) is 0.500. The number of aromatic nitrogens is 3. The standard InChI is InChI=1S/C16H19F3N4O3S/c1-26-10-15-21-20-11-23(15)12-6-8-22(9-7-12)27(24,25)14-5-3-2-4-13(14)16(17,18)19/h2-5,11-12H,6-10H2,1H3. The summed E-state index contributed by atoms with van der Waals surface area (Å²) in [5.41, 5.74) is -1.15. The average molecular weight is 404 g/mol. The first-order valence-electron chi connectivity index (χ1n) is 8.29. The van der Waals surface area contributed by atoms with E-state index in [1.165, 1.54) is 19.2 Å². The monoisotopic (exact) mass is 404 g/mol. The molecule has 7 nitrogen and oxygen atoms in total. The summed E-state index contributed by atoms with van der Waals surface area (Å²) < 4.78 is 73.2. The third kappa shape index (κ3) is 3.99. The van der Waals surface area contributed by atoms with Crippen LogP contribution in [0.15, 0.2) is 35.5 Å². The zero-order valence-corrected chi connectivity index (χ0v) is 15.4. The quantitative estimate of drug-likeness (QED) is 0.765. The lowest BCUT2D eigenvalue weighted by molar-refractivity contribution is -0.139. The Morgan fingerprint density at radius 2 is 1.89 bits per heavy atom. The minimum absolute atomic E-state index is 0.0329. The molecular formula is C16H19F3N4O3S. The number of alkyl halides is 3. The molecule has 0 bridgehead atoms. The molecule has 0 atom stereocenters. The Hall–Kier alpha value is -1.98. The fourth-order valence-electron chi connectivity index (χ4n) is 3.23. The van der Waals surface area contributed by atoms with Gasteiger partial charge in [0.1, 0.15) is 12.9 Å². The average Bonchev–Trinajstić information content (AvgIpc) is 3.10. The Kier molecular flexibility index (Phi) is 5.54. The van der Waals surface area contributed by atoms with Crippen LogP contribution in [0, 0.1) is 0 Å². The maximum absolute atomic E-state index is 13.2. The zero-order chi connectivity index (χ0) is 19.7. The largest absolute Gasteiger partial charge is 0.417 e. The number of ether oxygens (including phenoxy) is 1. The summed E-state index contributed by atoms with van der Waals surface area (Å²) in [5.74, 6) is 0.626. The number of rotatable bonds is 5. The summed E-state index contributed by atoms with van der Waals surface area (Å²) in [4.78, 5) is -0.708. The number of sulfonamides is 1. The van der Waals surface area contributed by atoms with Gasteiger partial charge in [-0.1, -0.05) is 12.1 Å². The van der Waals surface area contributed by atoms with E-state index in [4.69, 9.17) is 4.74 Å². The van der Waals surface area contributed by atoms with E-state index in [2.05, 4.69) is 10.2 Å². The van der Waals surface area contributed by atoms with Crippen molar-refractivity contribution in [3.63, 3.8) is 0 Å². The molecule has 2 aromatic rings. The molecule has 0 spiro atoms. The first-order chi connectivity index (χ1) is 12.7. The van der Waals surface area contributed by atoms with E-state index in [1.54, 1.807) is 6.33 Å². The Morgan fingerprint density at radius 3 is 2.52 bits per heavy atom. The molecule has 0 amide bonds. The van der Waals surface area contributed by atoms with Crippen LogP contribution < -0.4 is 0 Å². The van der Waals surface area contributed by atoms with Crippen LogP contribution in [-0.2, 0) is 27.5 Å². The number of benzene rings is 1. The van der Waals surface area contributed by atoms with Gasteiger partial charge in [0, 0.05) is 26.2 Å². The van der Waals surface area contributed by atoms with E-state index < -0.39 is 26.7 Å². The van der Waals surface area contributed by atoms with E-state index in [0.29, 0.717) is 18.7 Å². The third-order valence-corrected chi connectivity index (χ3v) is 6.50. The fourth-order valence-corrected chi connectivity index (χ4v) is 4.91. The second kappa shape index (κ2) is 7.56. The van der Waals surface area contributed by atoms with E-state index in [9.17, 15) is 21.6 Å². The van der Waals surface area contributed by atoms with Crippen molar-refractivity contribution in [1.29, 1.82) is 0 Å². The second-order valence-electron chi connectivity index (χ2n) is 6.22. The summed E-state index contributed by atoms with van der Waals surface area (Å²) in [6, 6.07) is 4.23. The molecule has 27 heavy (non-hydrogen) atoms. The van der Waals surface area contributed by atoms with Crippen molar-refractivity contribution in [2.24, 2.45) is 0 Å². The Balaban J connectivity index is 1.79. The number of methoxy groups -OCH3 is 1. The maximum atomic E-state index is 13.2. The van der Waals surface area contributed by atoms with Crippen LogP contribution in [0.1, 0.15) is 30.3 Å². The van der Waals surface area contributed by atoms with E-state index >= 15 is 0 Å². The number of halogens is 3. The molecule has 0 saturated carbocycles. The van der Waals surface area contributed by atoms with Crippen LogP contribution in [0.5, 0.6) is 0 Å². The van der Waals surface area contributed by atoms with Crippen LogP contribution >= 0.6 is 0 Å². The molecule has 148 valence electrons. The lowest BCUT2D eigenvalue weighted by atomic mass is 10.1. The number of hydrogen-bond donors (Lipinski definition) is 0. The van der Waals surface area contributed by atoms with Crippen molar-refractivity contribution in [3.05, 3.63) is 42.0 Å². The summed E-state index contributed by atoms with van der Waals surface area (Å²) in [6.07, 6.45) is -2.29. The second-order valence-corrected chi connectivity index (χ2v) is 8.12. The van der Waals surface area contributed by atoms with E-state index in [0.717, 1.165) is 16.4 Å². The summed E-state index contributed by atoms with van der Waals surface area (Å²) in [5, 5.41) is 7.81. The van der Waals surface area contributed by atoms with Crippen LogP contribution in [-0.4, -0.2) is 47.7 Å². The third-order valence-electron chi connectivity index (χ3n) is 4.55. The molecule has 3 rings (SSSR count). The predicted molar refractivity (Wildman–Crippen MR) is 89.2 cm³/mol. The first kappa shape index (κ1) is 19.8. The molecule has 0 unspecified atom stereocenters. The Labute approximate surface area is 154 Å². The molecule has 1 fully saturated rings. The highest BCUT2D eigenvalue weighted by atomic mass is 32.2. The van der Waals surface area contributed by atoms with Gasteiger partial charge in [-0.25, -0.2) is 8.42 Å². The Morgan fingerprint density at radius 1 is 1.22 bits per heavy atom. The van der Waals surface area contributed by atoms with Gasteiger partial charge in [0.15, 0.2) is 5.82 Å². The van der Waals surface area contributed by atoms with Gasteiger partial charge in [-0.3, -0.25) is 0 Å². The van der Waals surface area contributed by atoms with Crippen molar-refractivity contribution < 1.29 is 26.3 Å². The molecule has 2 heterocycles. The first-order valence-corrected chi connectivity index (χ1v) is 9.73. The van der Waals surface area contributed by atoms with Gasteiger partial charge in [0.25, 0.3) is 0 Å². The van der Waals surface area contributed by atoms with Crippen molar-refractivity contribution in [2.75, 3.05) is 20.2 Å². The molecule has 11 heteroatoms. The maximum Gasteiger partial charge on any atom is 0.417 e. The van der Waals surface area contributed by atoms with E-state index in [-0.39, 0.29) is 25.7 Å². The Bertz CT molecular complexity index is 890. The number of nitrogens with zero attached hydrogens (tertiary/aromatic N) is 4. The molecule has 0 radical (unpaired) electrons. The smallest absolute Gasteiger partial charge is 0.377 e. The molecular weight excluding hydrogens is 385 g/mol. The van der Waals surface area contributed by atoms with Gasteiger partial charge in [0.2, 0.25) is 10.0 Å². The van der Waals surface area contributed by atoms with Gasteiger partial charge < -0.3 is 9.30 Å². The molecule has 1 aromatic carbocycles. The minimum atomic E-state index is -4.74. The van der Waals surface area contributed by atoms with Crippen molar-refractivity contribution in [2.45, 2.75) is 36.6 Å². The number of piperidine rings is 1. The minimum Gasteiger partial charge on any atom is -0.377 e. The lowest BCUT2D eigenvalue weighted by Gasteiger charge is -2.32. The summed E-state index contributed by atoms with van der Waals surface area (Å²) in [6.45, 7) is 0.505. The van der Waals surface area contributed by atoms with E-state index in [1.807, 2.05) is 4.57 Å². The van der Waals surface area contributed by atoms with Crippen LogP contribution in [0.3, 0.4) is 0 Å². The van der Waals surface area contributed by atoms with Crippen molar-refractivity contribution in [1.82, 2.24) is 19.1 Å². The van der Waals surface area contributed by atoms with Crippen LogP contribution in [0.25, 0.3) is 0 Å². The lowest BCUT2D eigenvalue weighted by Crippen LogP contribution is -2.39. The van der Waals surface area contributed by atoms with Gasteiger partial charge in [0.05, 0.1) is 10.5 Å². The van der Waals surface area contributed by atoms with Gasteiger partial charge in [-0.2, -0.15) is 17.5 Å². The highest BCUT2D eigenvalue weighted by molar-refractivity contribution is 7.89. The highest BCUT2D eigenvalue weighted by Gasteiger charge is 2.39. The SMILES string of the molecule is COCc1nncn1C1CCN(S(=O)(=O)c2ccccc2C(F)(F)F)CC1. The highest BCUT2D eigenvalue weighted by Crippen LogP contribution is 2.36. The van der Waals surface area contributed by atoms with Crippen LogP contribution in [0.4, 0.5) is 13.2 Å². The van der Waals surface area contributed by atoms with Crippen molar-refractivity contribution in [3.8, 4) is 0 Å². The van der Waals surface area contributed by atoms with Gasteiger partial charge >= 0.3 is 6.18 Å². The number of hydrogen-bond acceptors (Lipinski definition) is 5. The summed E-state index contributed by atoms with van der Waals surface area (Å²) in [7, 11) is -2.71. The normalized spacial score (nSPS) is 17.3. The molecule has 1 aliphatic heterocycles. The molecule has 1 aromatic heterocycles. The van der Waals surface area contributed by atoms with Crippen LogP contribution in [0.2, 0.25) is 0 Å². The van der Waals surface area contributed by atoms with Crippen molar-refractivity contribution >= 4 is 10.0 Å². The molecule has 0 N–H and O–H groups in total. The van der Waals surface area contributed by atoms with Gasteiger partial charge in [-0.05, 0) is 25.0 Å². The predicted octanol–water partition coefficient (Wildman–Crippen LogP) is 2.47. The topological polar surface area (TPSA) is 77.3 Å². The summed E-state index contributed by atoms with van der Waals surface area (Å²) >= 11 is 0. The molecule has 1 aliphatic rings. The molecule has 0 aliphatic carbocycles. The zero-order valence-electron chi connectivity index (χ0n) is 14.6. The molecule has 1 saturated heterocycles. The van der Waals surface area contributed by atoms with Gasteiger partial charge in [-0.15, -0.1) is 10.2 Å².